The SMILES string of the molecule is Nc1ccc(-c2ccc(C(=O)N3CCc4ccccc43)o2)c(Cl)c1. The number of carbonyl (C=O) groups is 1. The third kappa shape index (κ3) is 2.45. The number of halogens is 1. The van der Waals surface area contributed by atoms with E-state index in [4.69, 9.17) is 21.8 Å². The van der Waals surface area contributed by atoms with E-state index >= 15 is 0 Å². The molecule has 2 N–H and O–H groups in total. The molecule has 1 aromatic heterocycles. The largest absolute Gasteiger partial charge is 0.451 e. The zero-order chi connectivity index (χ0) is 16.7. The minimum absolute atomic E-state index is 0.141. The first-order valence-corrected chi connectivity index (χ1v) is 8.06. The summed E-state index contributed by atoms with van der Waals surface area (Å²) in [7, 11) is 0. The molecule has 4 nitrogen and oxygen atoms in total. The standard InChI is InChI=1S/C19H15ClN2O2/c20-15-11-13(21)5-6-14(15)17-7-8-18(24-17)19(23)22-10-9-12-3-1-2-4-16(12)22/h1-8,11H,9-10,21H2. The van der Waals surface area contributed by atoms with Gasteiger partial charge in [-0.25, -0.2) is 0 Å². The van der Waals surface area contributed by atoms with E-state index in [9.17, 15) is 4.79 Å². The Morgan fingerprint density at radius 3 is 2.79 bits per heavy atom. The number of rotatable bonds is 2. The number of nitrogens with two attached hydrogens (primary N) is 1. The number of nitrogens with zero attached hydrogens (tertiary/aromatic N) is 1. The molecule has 0 radical (unpaired) electrons. The van der Waals surface area contributed by atoms with Gasteiger partial charge in [0.1, 0.15) is 5.76 Å². The predicted octanol–water partition coefficient (Wildman–Crippen LogP) is 4.39. The average molecular weight is 339 g/mol. The summed E-state index contributed by atoms with van der Waals surface area (Å²) < 4.78 is 5.76. The molecule has 0 unspecified atom stereocenters. The van der Waals surface area contributed by atoms with Gasteiger partial charge in [0.15, 0.2) is 5.76 Å². The molecule has 1 aliphatic heterocycles. The fourth-order valence-corrected chi connectivity index (χ4v) is 3.29. The van der Waals surface area contributed by atoms with Gasteiger partial charge in [-0.05, 0) is 48.4 Å². The van der Waals surface area contributed by atoms with Crippen LogP contribution in [0, 0.1) is 0 Å². The molecule has 24 heavy (non-hydrogen) atoms. The first kappa shape index (κ1) is 14.8. The van der Waals surface area contributed by atoms with Crippen LogP contribution in [0.15, 0.2) is 59.0 Å². The first-order valence-electron chi connectivity index (χ1n) is 7.68. The smallest absolute Gasteiger partial charge is 0.294 e. The Bertz CT molecular complexity index is 933. The Morgan fingerprint density at radius 2 is 1.96 bits per heavy atom. The number of furan rings is 1. The summed E-state index contributed by atoms with van der Waals surface area (Å²) in [6, 6.07) is 16.6. The molecule has 0 saturated carbocycles. The lowest BCUT2D eigenvalue weighted by Crippen LogP contribution is -2.28. The Balaban J connectivity index is 1.65. The van der Waals surface area contributed by atoms with Crippen LogP contribution in [0.25, 0.3) is 11.3 Å². The number of hydrogen-bond donors (Lipinski definition) is 1. The molecule has 1 amide bonds. The van der Waals surface area contributed by atoms with Crippen LogP contribution < -0.4 is 10.6 Å². The van der Waals surface area contributed by atoms with Crippen molar-refractivity contribution in [3.8, 4) is 11.3 Å². The maximum absolute atomic E-state index is 12.8. The van der Waals surface area contributed by atoms with Gasteiger partial charge in [-0.1, -0.05) is 29.8 Å². The topological polar surface area (TPSA) is 59.5 Å². The minimum atomic E-state index is -0.141. The molecule has 0 atom stereocenters. The van der Waals surface area contributed by atoms with Crippen molar-refractivity contribution in [2.24, 2.45) is 0 Å². The number of nitrogen functional groups attached to an aromatic ring is 1. The summed E-state index contributed by atoms with van der Waals surface area (Å²) in [6.45, 7) is 0.664. The summed E-state index contributed by atoms with van der Waals surface area (Å²) >= 11 is 6.21. The Kier molecular flexibility index (Phi) is 3.54. The highest BCUT2D eigenvalue weighted by molar-refractivity contribution is 6.33. The number of fused-ring (bicyclic) bond motifs is 1. The average Bonchev–Trinajstić information content (AvgIpc) is 3.21. The number of anilines is 2. The number of para-hydroxylation sites is 1. The molecule has 0 bridgehead atoms. The lowest BCUT2D eigenvalue weighted by atomic mass is 10.1. The van der Waals surface area contributed by atoms with Crippen molar-refractivity contribution in [3.05, 3.63) is 70.9 Å². The van der Waals surface area contributed by atoms with Gasteiger partial charge in [-0.15, -0.1) is 0 Å². The molecule has 0 spiro atoms. The molecule has 120 valence electrons. The zero-order valence-electron chi connectivity index (χ0n) is 12.8. The molecule has 0 saturated heterocycles. The summed E-state index contributed by atoms with van der Waals surface area (Å²) in [6.07, 6.45) is 0.860. The summed E-state index contributed by atoms with van der Waals surface area (Å²) in [5.74, 6) is 0.711. The van der Waals surface area contributed by atoms with E-state index < -0.39 is 0 Å². The molecule has 2 heterocycles. The Labute approximate surface area is 144 Å². The van der Waals surface area contributed by atoms with Crippen molar-refractivity contribution in [1.82, 2.24) is 0 Å². The van der Waals surface area contributed by atoms with Gasteiger partial charge in [0.2, 0.25) is 0 Å². The van der Waals surface area contributed by atoms with Gasteiger partial charge in [0.25, 0.3) is 5.91 Å². The van der Waals surface area contributed by atoms with Crippen molar-refractivity contribution in [3.63, 3.8) is 0 Å². The molecule has 0 fully saturated rings. The lowest BCUT2D eigenvalue weighted by Gasteiger charge is -2.15. The molecule has 2 aromatic carbocycles. The van der Waals surface area contributed by atoms with Gasteiger partial charge >= 0.3 is 0 Å². The Morgan fingerprint density at radius 1 is 1.12 bits per heavy atom. The second-order valence-corrected chi connectivity index (χ2v) is 6.15. The normalized spacial score (nSPS) is 13.1. The van der Waals surface area contributed by atoms with E-state index in [0.29, 0.717) is 34.3 Å². The van der Waals surface area contributed by atoms with Crippen molar-refractivity contribution < 1.29 is 9.21 Å². The van der Waals surface area contributed by atoms with Gasteiger partial charge in [-0.3, -0.25) is 4.79 Å². The maximum Gasteiger partial charge on any atom is 0.294 e. The van der Waals surface area contributed by atoms with E-state index in [1.54, 1.807) is 35.2 Å². The maximum atomic E-state index is 12.8. The van der Waals surface area contributed by atoms with Crippen molar-refractivity contribution in [2.45, 2.75) is 6.42 Å². The first-order chi connectivity index (χ1) is 11.6. The highest BCUT2D eigenvalue weighted by Gasteiger charge is 2.27. The van der Waals surface area contributed by atoms with Crippen LogP contribution in [-0.2, 0) is 6.42 Å². The van der Waals surface area contributed by atoms with E-state index in [-0.39, 0.29) is 5.91 Å². The van der Waals surface area contributed by atoms with Crippen LogP contribution in [0.1, 0.15) is 16.1 Å². The van der Waals surface area contributed by atoms with Crippen LogP contribution in [0.2, 0.25) is 5.02 Å². The van der Waals surface area contributed by atoms with E-state index in [1.165, 1.54) is 5.56 Å². The number of hydrogen-bond acceptors (Lipinski definition) is 3. The monoisotopic (exact) mass is 338 g/mol. The van der Waals surface area contributed by atoms with Crippen molar-refractivity contribution in [2.75, 3.05) is 17.2 Å². The van der Waals surface area contributed by atoms with Crippen molar-refractivity contribution >= 4 is 28.9 Å². The predicted molar refractivity (Wildman–Crippen MR) is 95.4 cm³/mol. The van der Waals surface area contributed by atoms with Crippen LogP contribution in [-0.4, -0.2) is 12.5 Å². The third-order valence-electron chi connectivity index (χ3n) is 4.21. The fraction of sp³-hybridized carbons (Fsp3) is 0.105. The van der Waals surface area contributed by atoms with Gasteiger partial charge in [0.05, 0.1) is 5.02 Å². The summed E-state index contributed by atoms with van der Waals surface area (Å²) in [5, 5.41) is 0.495. The Hall–Kier alpha value is -2.72. The van der Waals surface area contributed by atoms with E-state index in [2.05, 4.69) is 0 Å². The number of benzene rings is 2. The highest BCUT2D eigenvalue weighted by atomic mass is 35.5. The van der Waals surface area contributed by atoms with Crippen LogP contribution >= 0.6 is 11.6 Å². The van der Waals surface area contributed by atoms with Crippen molar-refractivity contribution in [1.29, 1.82) is 0 Å². The second-order valence-electron chi connectivity index (χ2n) is 5.74. The molecule has 5 heteroatoms. The molecular weight excluding hydrogens is 324 g/mol. The van der Waals surface area contributed by atoms with Gasteiger partial charge in [0, 0.05) is 23.5 Å². The highest BCUT2D eigenvalue weighted by Crippen LogP contribution is 2.33. The second kappa shape index (κ2) is 5.73. The quantitative estimate of drug-likeness (QED) is 0.705. The van der Waals surface area contributed by atoms with Gasteiger partial charge in [-0.2, -0.15) is 0 Å². The number of amides is 1. The summed E-state index contributed by atoms with van der Waals surface area (Å²) in [4.78, 5) is 14.5. The van der Waals surface area contributed by atoms with E-state index in [0.717, 1.165) is 12.1 Å². The molecule has 1 aliphatic rings. The van der Waals surface area contributed by atoms with Crippen LogP contribution in [0.5, 0.6) is 0 Å². The number of carbonyl (C=O) groups excluding carboxylic acids is 1. The lowest BCUT2D eigenvalue weighted by molar-refractivity contribution is 0.0963. The van der Waals surface area contributed by atoms with E-state index in [1.807, 2.05) is 24.3 Å². The fourth-order valence-electron chi connectivity index (χ4n) is 3.01. The molecule has 0 aliphatic carbocycles. The summed E-state index contributed by atoms with van der Waals surface area (Å²) in [5.41, 5.74) is 9.14. The van der Waals surface area contributed by atoms with Gasteiger partial charge < -0.3 is 15.1 Å². The van der Waals surface area contributed by atoms with Crippen LogP contribution in [0.3, 0.4) is 0 Å². The molecular formula is C19H15ClN2O2. The third-order valence-corrected chi connectivity index (χ3v) is 4.52. The molecule has 3 aromatic rings. The zero-order valence-corrected chi connectivity index (χ0v) is 13.6. The van der Waals surface area contributed by atoms with Crippen LogP contribution in [0.4, 0.5) is 11.4 Å². The minimum Gasteiger partial charge on any atom is -0.451 e. The molecule has 4 rings (SSSR count).